The minimum atomic E-state index is -0.249. The first-order valence-corrected chi connectivity index (χ1v) is 10.6. The van der Waals surface area contributed by atoms with E-state index in [1.807, 2.05) is 48.5 Å². The highest BCUT2D eigenvalue weighted by atomic mass is 16.5. The van der Waals surface area contributed by atoms with Gasteiger partial charge in [0.15, 0.2) is 18.1 Å². The van der Waals surface area contributed by atoms with E-state index in [1.54, 1.807) is 0 Å². The maximum absolute atomic E-state index is 12.7. The second-order valence-electron chi connectivity index (χ2n) is 8.52. The molecule has 30 heavy (non-hydrogen) atoms. The van der Waals surface area contributed by atoms with Gasteiger partial charge >= 0.3 is 0 Å². The first-order chi connectivity index (χ1) is 14.5. The Morgan fingerprint density at radius 3 is 2.67 bits per heavy atom. The van der Waals surface area contributed by atoms with Gasteiger partial charge in [0, 0.05) is 31.6 Å². The van der Waals surface area contributed by atoms with Crippen molar-refractivity contribution in [2.24, 2.45) is 0 Å². The number of rotatable bonds is 7. The Labute approximate surface area is 178 Å². The van der Waals surface area contributed by atoms with Crippen molar-refractivity contribution in [1.29, 1.82) is 0 Å². The largest absolute Gasteiger partial charge is 0.483 e. The molecule has 1 atom stereocenters. The molecule has 0 saturated carbocycles. The van der Waals surface area contributed by atoms with E-state index in [1.165, 1.54) is 0 Å². The molecule has 0 radical (unpaired) electrons. The predicted molar refractivity (Wildman–Crippen MR) is 115 cm³/mol. The highest BCUT2D eigenvalue weighted by Crippen LogP contribution is 2.41. The molecule has 1 fully saturated rings. The van der Waals surface area contributed by atoms with Gasteiger partial charge < -0.3 is 19.5 Å². The van der Waals surface area contributed by atoms with Crippen molar-refractivity contribution in [2.45, 2.75) is 31.9 Å². The third-order valence-corrected chi connectivity index (χ3v) is 5.50. The van der Waals surface area contributed by atoms with Crippen LogP contribution in [-0.4, -0.2) is 55.9 Å². The average molecular weight is 411 g/mol. The van der Waals surface area contributed by atoms with Gasteiger partial charge in [-0.05, 0) is 25.5 Å². The summed E-state index contributed by atoms with van der Waals surface area (Å²) in [5.41, 5.74) is 1.95. The van der Waals surface area contributed by atoms with E-state index in [0.29, 0.717) is 5.75 Å². The molecule has 0 aromatic heterocycles. The number of carbonyl (C=O) groups excluding carboxylic acids is 1. The summed E-state index contributed by atoms with van der Waals surface area (Å²) in [6.45, 7) is 8.02. The molecular formula is C24H30N2O4. The van der Waals surface area contributed by atoms with Gasteiger partial charge in [0.25, 0.3) is 5.91 Å². The van der Waals surface area contributed by atoms with E-state index in [2.05, 4.69) is 24.1 Å². The highest BCUT2D eigenvalue weighted by molar-refractivity contribution is 5.78. The Balaban J connectivity index is 1.39. The van der Waals surface area contributed by atoms with E-state index in [0.717, 1.165) is 56.1 Å². The van der Waals surface area contributed by atoms with Crippen LogP contribution < -0.4 is 14.8 Å². The van der Waals surface area contributed by atoms with Crippen LogP contribution in [0.25, 0.3) is 0 Å². The zero-order chi connectivity index (χ0) is 21.0. The van der Waals surface area contributed by atoms with Gasteiger partial charge in [-0.1, -0.05) is 42.5 Å². The third-order valence-electron chi connectivity index (χ3n) is 5.50. The van der Waals surface area contributed by atoms with Crippen molar-refractivity contribution in [3.63, 3.8) is 0 Å². The average Bonchev–Trinajstić information content (AvgIpc) is 3.07. The molecule has 1 amide bonds. The van der Waals surface area contributed by atoms with Gasteiger partial charge in [-0.25, -0.2) is 0 Å². The highest BCUT2D eigenvalue weighted by Gasteiger charge is 2.32. The molecule has 2 aromatic rings. The zero-order valence-corrected chi connectivity index (χ0v) is 17.7. The maximum Gasteiger partial charge on any atom is 0.258 e. The predicted octanol–water partition coefficient (Wildman–Crippen LogP) is 2.97. The summed E-state index contributed by atoms with van der Waals surface area (Å²) >= 11 is 0. The fraction of sp³-hybridized carbons (Fsp3) is 0.458. The van der Waals surface area contributed by atoms with Gasteiger partial charge in [0.1, 0.15) is 5.60 Å². The van der Waals surface area contributed by atoms with E-state index < -0.39 is 0 Å². The summed E-state index contributed by atoms with van der Waals surface area (Å²) in [7, 11) is 0. The van der Waals surface area contributed by atoms with E-state index in [-0.39, 0.29) is 24.2 Å². The van der Waals surface area contributed by atoms with Gasteiger partial charge in [-0.2, -0.15) is 0 Å². The van der Waals surface area contributed by atoms with Crippen LogP contribution in [0.2, 0.25) is 0 Å². The molecule has 6 heteroatoms. The Kier molecular flexibility index (Phi) is 6.25. The van der Waals surface area contributed by atoms with Gasteiger partial charge in [-0.15, -0.1) is 0 Å². The molecule has 1 saturated heterocycles. The second kappa shape index (κ2) is 9.06. The normalized spacial score (nSPS) is 18.9. The molecular weight excluding hydrogens is 380 g/mol. The Hall–Kier alpha value is -2.57. The number of nitrogens with zero attached hydrogens (tertiary/aromatic N) is 1. The van der Waals surface area contributed by atoms with E-state index in [9.17, 15) is 4.79 Å². The first kappa shape index (κ1) is 20.7. The van der Waals surface area contributed by atoms with Crippen molar-refractivity contribution in [1.82, 2.24) is 10.2 Å². The fourth-order valence-electron chi connectivity index (χ4n) is 4.04. The smallest absolute Gasteiger partial charge is 0.258 e. The third kappa shape index (κ3) is 5.12. The van der Waals surface area contributed by atoms with E-state index in [4.69, 9.17) is 14.2 Å². The molecule has 0 spiro atoms. The number of fused-ring (bicyclic) bond motifs is 1. The number of para-hydroxylation sites is 1. The quantitative estimate of drug-likeness (QED) is 0.761. The van der Waals surface area contributed by atoms with Crippen LogP contribution in [0.5, 0.6) is 11.5 Å². The summed E-state index contributed by atoms with van der Waals surface area (Å²) in [5, 5.41) is 3.15. The van der Waals surface area contributed by atoms with E-state index >= 15 is 0 Å². The lowest BCUT2D eigenvalue weighted by Gasteiger charge is -2.31. The summed E-state index contributed by atoms with van der Waals surface area (Å²) in [4.78, 5) is 15.1. The molecule has 2 aliphatic rings. The lowest BCUT2D eigenvalue weighted by atomic mass is 10.0. The van der Waals surface area contributed by atoms with Crippen LogP contribution in [0, 0.1) is 0 Å². The minimum Gasteiger partial charge on any atom is -0.483 e. The standard InChI is InChI=1S/C24H30N2O4/c1-24(2)15-19-9-6-10-21(23(19)30-24)29-17-22(27)25-20(18-7-4-3-5-8-18)16-26-11-13-28-14-12-26/h3-10,20H,11-17H2,1-2H3,(H,25,27). The van der Waals surface area contributed by atoms with Crippen molar-refractivity contribution in [3.8, 4) is 11.5 Å². The van der Waals surface area contributed by atoms with Gasteiger partial charge in [-0.3, -0.25) is 9.69 Å². The molecule has 160 valence electrons. The summed E-state index contributed by atoms with van der Waals surface area (Å²) in [5.74, 6) is 1.23. The second-order valence-corrected chi connectivity index (χ2v) is 8.52. The number of amides is 1. The summed E-state index contributed by atoms with van der Waals surface area (Å²) in [6, 6.07) is 15.8. The number of benzene rings is 2. The monoisotopic (exact) mass is 410 g/mol. The summed E-state index contributed by atoms with van der Waals surface area (Å²) < 4.78 is 17.3. The molecule has 0 bridgehead atoms. The first-order valence-electron chi connectivity index (χ1n) is 10.6. The van der Waals surface area contributed by atoms with Crippen LogP contribution >= 0.6 is 0 Å². The Bertz CT molecular complexity index is 863. The van der Waals surface area contributed by atoms with Crippen LogP contribution in [-0.2, 0) is 16.0 Å². The molecule has 1 N–H and O–H groups in total. The topological polar surface area (TPSA) is 60.0 Å². The Morgan fingerprint density at radius 2 is 1.90 bits per heavy atom. The number of ether oxygens (including phenoxy) is 3. The number of carbonyl (C=O) groups is 1. The van der Waals surface area contributed by atoms with Crippen LogP contribution in [0.15, 0.2) is 48.5 Å². The number of hydrogen-bond donors (Lipinski definition) is 1. The van der Waals surface area contributed by atoms with Gasteiger partial charge in [0.2, 0.25) is 0 Å². The zero-order valence-electron chi connectivity index (χ0n) is 17.7. The summed E-state index contributed by atoms with van der Waals surface area (Å²) in [6.07, 6.45) is 0.835. The van der Waals surface area contributed by atoms with Crippen molar-refractivity contribution in [2.75, 3.05) is 39.5 Å². The van der Waals surface area contributed by atoms with Crippen LogP contribution in [0.3, 0.4) is 0 Å². The molecule has 2 aromatic carbocycles. The van der Waals surface area contributed by atoms with Crippen LogP contribution in [0.4, 0.5) is 0 Å². The number of hydrogen-bond acceptors (Lipinski definition) is 5. The van der Waals surface area contributed by atoms with Crippen molar-refractivity contribution in [3.05, 3.63) is 59.7 Å². The van der Waals surface area contributed by atoms with Crippen molar-refractivity contribution >= 4 is 5.91 Å². The number of morpholine rings is 1. The fourth-order valence-corrected chi connectivity index (χ4v) is 4.04. The molecule has 4 rings (SSSR count). The van der Waals surface area contributed by atoms with Crippen LogP contribution in [0.1, 0.15) is 31.0 Å². The maximum atomic E-state index is 12.7. The number of nitrogens with one attached hydrogen (secondary N) is 1. The minimum absolute atomic E-state index is 0.0489. The Morgan fingerprint density at radius 1 is 1.13 bits per heavy atom. The molecule has 2 aliphatic heterocycles. The lowest BCUT2D eigenvalue weighted by molar-refractivity contribution is -0.124. The molecule has 1 unspecified atom stereocenters. The lowest BCUT2D eigenvalue weighted by Crippen LogP contribution is -2.44. The molecule has 0 aliphatic carbocycles. The SMILES string of the molecule is CC1(C)Cc2cccc(OCC(=O)NC(CN3CCOCC3)c3ccccc3)c2O1. The molecule has 6 nitrogen and oxygen atoms in total. The van der Waals surface area contributed by atoms with Crippen molar-refractivity contribution < 1.29 is 19.0 Å². The molecule has 2 heterocycles. The van der Waals surface area contributed by atoms with Gasteiger partial charge in [0.05, 0.1) is 19.3 Å².